The van der Waals surface area contributed by atoms with E-state index in [1.807, 2.05) is 0 Å². The molecule has 0 radical (unpaired) electrons. The molecule has 2 heterocycles. The molecule has 1 saturated heterocycles. The summed E-state index contributed by atoms with van der Waals surface area (Å²) in [5, 5.41) is 12.8. The van der Waals surface area contributed by atoms with Crippen molar-refractivity contribution in [3.63, 3.8) is 0 Å². The van der Waals surface area contributed by atoms with Crippen molar-refractivity contribution in [2.75, 3.05) is 19.7 Å². The standard InChI is InChI=1S/C11H19N3O2/c1-2-14-7-4-3-5-9(14)11-12-10(6-8-15)16-13-11/h9,15H,2-8H2,1H3. The van der Waals surface area contributed by atoms with Gasteiger partial charge in [0.2, 0.25) is 5.89 Å². The Morgan fingerprint density at radius 3 is 3.12 bits per heavy atom. The first-order chi connectivity index (χ1) is 7.85. The second-order valence-corrected chi connectivity index (χ2v) is 4.16. The molecule has 0 aromatic carbocycles. The number of nitrogens with zero attached hydrogens (tertiary/aromatic N) is 3. The van der Waals surface area contributed by atoms with E-state index in [2.05, 4.69) is 22.0 Å². The van der Waals surface area contributed by atoms with Crippen LogP contribution in [0.4, 0.5) is 0 Å². The average molecular weight is 225 g/mol. The first-order valence-corrected chi connectivity index (χ1v) is 6.02. The average Bonchev–Trinajstić information content (AvgIpc) is 2.78. The molecule has 0 bridgehead atoms. The lowest BCUT2D eigenvalue weighted by Crippen LogP contribution is -2.33. The van der Waals surface area contributed by atoms with Crippen LogP contribution >= 0.6 is 0 Å². The molecule has 1 aliphatic rings. The molecule has 0 amide bonds. The van der Waals surface area contributed by atoms with Crippen LogP contribution in [0.1, 0.15) is 43.9 Å². The Bertz CT molecular complexity index is 327. The van der Waals surface area contributed by atoms with Crippen molar-refractivity contribution in [1.29, 1.82) is 0 Å². The smallest absolute Gasteiger partial charge is 0.229 e. The van der Waals surface area contributed by atoms with Gasteiger partial charge in [0, 0.05) is 0 Å². The fraction of sp³-hybridized carbons (Fsp3) is 0.818. The Balaban J connectivity index is 2.08. The number of hydrogen-bond donors (Lipinski definition) is 1. The van der Waals surface area contributed by atoms with Crippen LogP contribution in [0.25, 0.3) is 0 Å². The van der Waals surface area contributed by atoms with Gasteiger partial charge in [0.15, 0.2) is 5.82 Å². The number of piperidine rings is 1. The predicted molar refractivity (Wildman–Crippen MR) is 58.9 cm³/mol. The molecule has 1 fully saturated rings. The molecule has 0 spiro atoms. The Hall–Kier alpha value is -0.940. The van der Waals surface area contributed by atoms with E-state index in [0.717, 1.165) is 25.3 Å². The number of aromatic nitrogens is 2. The highest BCUT2D eigenvalue weighted by Gasteiger charge is 2.26. The van der Waals surface area contributed by atoms with Gasteiger partial charge >= 0.3 is 0 Å². The number of aliphatic hydroxyl groups excluding tert-OH is 1. The number of hydrogen-bond acceptors (Lipinski definition) is 5. The molecule has 5 nitrogen and oxygen atoms in total. The van der Waals surface area contributed by atoms with Crippen LogP contribution in [-0.2, 0) is 6.42 Å². The third kappa shape index (κ3) is 2.41. The summed E-state index contributed by atoms with van der Waals surface area (Å²) >= 11 is 0. The van der Waals surface area contributed by atoms with Crippen LogP contribution in [-0.4, -0.2) is 39.8 Å². The summed E-state index contributed by atoms with van der Waals surface area (Å²) in [7, 11) is 0. The molecule has 0 saturated carbocycles. The zero-order valence-corrected chi connectivity index (χ0v) is 9.72. The van der Waals surface area contributed by atoms with Crippen molar-refractivity contribution in [2.45, 2.75) is 38.6 Å². The van der Waals surface area contributed by atoms with Crippen LogP contribution in [0.5, 0.6) is 0 Å². The normalized spacial score (nSPS) is 22.5. The van der Waals surface area contributed by atoms with E-state index in [1.165, 1.54) is 12.8 Å². The fourth-order valence-corrected chi connectivity index (χ4v) is 2.26. The van der Waals surface area contributed by atoms with Gasteiger partial charge in [-0.05, 0) is 25.9 Å². The van der Waals surface area contributed by atoms with Crippen LogP contribution in [0.2, 0.25) is 0 Å². The Morgan fingerprint density at radius 1 is 1.50 bits per heavy atom. The second-order valence-electron chi connectivity index (χ2n) is 4.16. The molecule has 0 aliphatic carbocycles. The minimum absolute atomic E-state index is 0.0593. The Kier molecular flexibility index (Phi) is 3.90. The summed E-state index contributed by atoms with van der Waals surface area (Å²) in [6.45, 7) is 4.36. The lowest BCUT2D eigenvalue weighted by atomic mass is 10.0. The number of aliphatic hydroxyl groups is 1. The fourth-order valence-electron chi connectivity index (χ4n) is 2.26. The molecular weight excluding hydrogens is 206 g/mol. The first-order valence-electron chi connectivity index (χ1n) is 6.02. The maximum Gasteiger partial charge on any atom is 0.229 e. The third-order valence-electron chi connectivity index (χ3n) is 3.13. The minimum atomic E-state index is 0.0593. The van der Waals surface area contributed by atoms with E-state index in [-0.39, 0.29) is 6.61 Å². The van der Waals surface area contributed by atoms with Crippen molar-refractivity contribution in [1.82, 2.24) is 15.0 Å². The molecule has 1 aliphatic heterocycles. The maximum atomic E-state index is 8.80. The van der Waals surface area contributed by atoms with E-state index in [4.69, 9.17) is 9.63 Å². The monoisotopic (exact) mass is 225 g/mol. The summed E-state index contributed by atoms with van der Waals surface area (Å²) in [5.74, 6) is 1.32. The van der Waals surface area contributed by atoms with E-state index < -0.39 is 0 Å². The van der Waals surface area contributed by atoms with Gasteiger partial charge in [-0.25, -0.2) is 0 Å². The van der Waals surface area contributed by atoms with Crippen molar-refractivity contribution < 1.29 is 9.63 Å². The lowest BCUT2D eigenvalue weighted by Gasteiger charge is -2.32. The Labute approximate surface area is 95.4 Å². The largest absolute Gasteiger partial charge is 0.396 e. The lowest BCUT2D eigenvalue weighted by molar-refractivity contribution is 0.147. The van der Waals surface area contributed by atoms with Crippen molar-refractivity contribution >= 4 is 0 Å². The van der Waals surface area contributed by atoms with Gasteiger partial charge in [0.1, 0.15) is 0 Å². The van der Waals surface area contributed by atoms with Crippen LogP contribution < -0.4 is 0 Å². The van der Waals surface area contributed by atoms with Crippen molar-refractivity contribution in [3.8, 4) is 0 Å². The highest BCUT2D eigenvalue weighted by atomic mass is 16.5. The van der Waals surface area contributed by atoms with Crippen LogP contribution in [0, 0.1) is 0 Å². The van der Waals surface area contributed by atoms with Gasteiger partial charge in [0.05, 0.1) is 19.1 Å². The highest BCUT2D eigenvalue weighted by Crippen LogP contribution is 2.28. The molecule has 1 unspecified atom stereocenters. The SMILES string of the molecule is CCN1CCCCC1c1noc(CCO)n1. The summed E-state index contributed by atoms with van der Waals surface area (Å²) in [6.07, 6.45) is 4.04. The van der Waals surface area contributed by atoms with Gasteiger partial charge in [-0.2, -0.15) is 4.98 Å². The van der Waals surface area contributed by atoms with E-state index in [9.17, 15) is 0 Å². The zero-order valence-electron chi connectivity index (χ0n) is 9.72. The summed E-state index contributed by atoms with van der Waals surface area (Å²) in [6, 6.07) is 0.301. The quantitative estimate of drug-likeness (QED) is 0.833. The van der Waals surface area contributed by atoms with Gasteiger partial charge in [0.25, 0.3) is 0 Å². The number of rotatable bonds is 4. The molecule has 5 heteroatoms. The van der Waals surface area contributed by atoms with Crippen LogP contribution in [0.15, 0.2) is 4.52 Å². The molecule has 1 atom stereocenters. The first kappa shape index (κ1) is 11.5. The van der Waals surface area contributed by atoms with Crippen molar-refractivity contribution in [2.24, 2.45) is 0 Å². The van der Waals surface area contributed by atoms with Gasteiger partial charge in [-0.15, -0.1) is 0 Å². The summed E-state index contributed by atoms with van der Waals surface area (Å²) < 4.78 is 5.10. The predicted octanol–water partition coefficient (Wildman–Crippen LogP) is 1.15. The molecule has 16 heavy (non-hydrogen) atoms. The third-order valence-corrected chi connectivity index (χ3v) is 3.13. The molecule has 2 rings (SSSR count). The van der Waals surface area contributed by atoms with Gasteiger partial charge < -0.3 is 9.63 Å². The highest BCUT2D eigenvalue weighted by molar-refractivity contribution is 4.96. The van der Waals surface area contributed by atoms with E-state index >= 15 is 0 Å². The molecule has 1 aromatic rings. The summed E-state index contributed by atoms with van der Waals surface area (Å²) in [4.78, 5) is 6.73. The van der Waals surface area contributed by atoms with Crippen LogP contribution in [0.3, 0.4) is 0 Å². The second kappa shape index (κ2) is 5.41. The summed E-state index contributed by atoms with van der Waals surface area (Å²) in [5.41, 5.74) is 0. The molecule has 90 valence electrons. The zero-order chi connectivity index (χ0) is 11.4. The topological polar surface area (TPSA) is 62.4 Å². The van der Waals surface area contributed by atoms with Crippen molar-refractivity contribution in [3.05, 3.63) is 11.7 Å². The number of likely N-dealkylation sites (tertiary alicyclic amines) is 1. The molecule has 1 N–H and O–H groups in total. The van der Waals surface area contributed by atoms with E-state index in [0.29, 0.717) is 18.4 Å². The minimum Gasteiger partial charge on any atom is -0.396 e. The van der Waals surface area contributed by atoms with Gasteiger partial charge in [-0.1, -0.05) is 18.5 Å². The molecule has 1 aromatic heterocycles. The van der Waals surface area contributed by atoms with Gasteiger partial charge in [-0.3, -0.25) is 4.90 Å². The Morgan fingerprint density at radius 2 is 2.38 bits per heavy atom. The maximum absolute atomic E-state index is 8.80. The van der Waals surface area contributed by atoms with E-state index in [1.54, 1.807) is 0 Å². The molecular formula is C11H19N3O2.